The summed E-state index contributed by atoms with van der Waals surface area (Å²) in [5, 5.41) is 21.9. The molecule has 0 aromatic heterocycles. The van der Waals surface area contributed by atoms with Crippen LogP contribution < -0.4 is 5.32 Å². The molecule has 0 saturated heterocycles. The first-order valence-corrected chi connectivity index (χ1v) is 5.56. The van der Waals surface area contributed by atoms with Crippen LogP contribution >= 0.6 is 0 Å². The van der Waals surface area contributed by atoms with Gasteiger partial charge in [-0.1, -0.05) is 13.8 Å². The maximum absolute atomic E-state index is 9.60. The number of aliphatic hydroxyl groups excluding tert-OH is 2. The maximum atomic E-state index is 9.60. The van der Waals surface area contributed by atoms with Gasteiger partial charge >= 0.3 is 0 Å². The highest BCUT2D eigenvalue weighted by Gasteiger charge is 2.47. The molecule has 1 fully saturated rings. The van der Waals surface area contributed by atoms with Gasteiger partial charge in [0, 0.05) is 31.2 Å². The quantitative estimate of drug-likeness (QED) is 0.592. The Morgan fingerprint density at radius 3 is 2.60 bits per heavy atom. The number of ether oxygens (including phenoxy) is 1. The highest BCUT2D eigenvalue weighted by atomic mass is 16.5. The van der Waals surface area contributed by atoms with E-state index in [0.717, 1.165) is 6.42 Å². The fraction of sp³-hybridized carbons (Fsp3) is 1.00. The van der Waals surface area contributed by atoms with Gasteiger partial charge in [0.25, 0.3) is 0 Å². The summed E-state index contributed by atoms with van der Waals surface area (Å²) in [5.41, 5.74) is -0.0680. The van der Waals surface area contributed by atoms with E-state index in [4.69, 9.17) is 9.84 Å². The molecule has 4 nitrogen and oxygen atoms in total. The Labute approximate surface area is 91.6 Å². The summed E-state index contributed by atoms with van der Waals surface area (Å²) in [6.07, 6.45) is 1.27. The fourth-order valence-corrected chi connectivity index (χ4v) is 2.04. The second kappa shape index (κ2) is 5.25. The number of hydrogen-bond donors (Lipinski definition) is 3. The van der Waals surface area contributed by atoms with Crippen LogP contribution in [0.25, 0.3) is 0 Å². The summed E-state index contributed by atoms with van der Waals surface area (Å²) >= 11 is 0. The summed E-state index contributed by atoms with van der Waals surface area (Å²) in [7, 11) is 1.66. The second-order valence-electron chi connectivity index (χ2n) is 4.96. The average molecular weight is 217 g/mol. The minimum absolute atomic E-state index is 0.0680. The van der Waals surface area contributed by atoms with E-state index in [-0.39, 0.29) is 24.2 Å². The molecule has 4 heteroatoms. The molecule has 0 radical (unpaired) electrons. The lowest BCUT2D eigenvalue weighted by atomic mass is 9.64. The number of hydrogen-bond acceptors (Lipinski definition) is 4. The third kappa shape index (κ3) is 2.91. The van der Waals surface area contributed by atoms with Gasteiger partial charge in [0.15, 0.2) is 0 Å². The molecule has 0 aromatic carbocycles. The summed E-state index contributed by atoms with van der Waals surface area (Å²) in [4.78, 5) is 0. The zero-order valence-corrected chi connectivity index (χ0v) is 9.86. The molecule has 3 atom stereocenters. The number of aliphatic hydroxyl groups is 2. The first kappa shape index (κ1) is 12.9. The van der Waals surface area contributed by atoms with Crippen LogP contribution in [-0.2, 0) is 4.74 Å². The van der Waals surface area contributed by atoms with Crippen molar-refractivity contribution in [2.45, 2.75) is 44.9 Å². The van der Waals surface area contributed by atoms with Gasteiger partial charge in [0.2, 0.25) is 0 Å². The van der Waals surface area contributed by atoms with Gasteiger partial charge in [0.05, 0.1) is 12.7 Å². The molecule has 3 N–H and O–H groups in total. The van der Waals surface area contributed by atoms with Gasteiger partial charge in [-0.2, -0.15) is 0 Å². The molecule has 0 aromatic rings. The summed E-state index contributed by atoms with van der Waals surface area (Å²) in [5.74, 6) is 0. The van der Waals surface area contributed by atoms with E-state index in [9.17, 15) is 5.11 Å². The third-order valence-electron chi connectivity index (χ3n) is 3.50. The van der Waals surface area contributed by atoms with Crippen molar-refractivity contribution < 1.29 is 14.9 Å². The van der Waals surface area contributed by atoms with Crippen LogP contribution in [0, 0.1) is 5.41 Å². The van der Waals surface area contributed by atoms with Crippen LogP contribution in [0.15, 0.2) is 0 Å². The smallest absolute Gasteiger partial charge is 0.0621 e. The van der Waals surface area contributed by atoms with Crippen molar-refractivity contribution in [2.75, 3.05) is 20.3 Å². The van der Waals surface area contributed by atoms with Crippen molar-refractivity contribution in [3.05, 3.63) is 0 Å². The summed E-state index contributed by atoms with van der Waals surface area (Å²) < 4.78 is 5.08. The molecule has 0 amide bonds. The minimum Gasteiger partial charge on any atom is -0.396 e. The van der Waals surface area contributed by atoms with Crippen LogP contribution in [0.2, 0.25) is 0 Å². The lowest BCUT2D eigenvalue weighted by Gasteiger charge is -2.50. The maximum Gasteiger partial charge on any atom is 0.0621 e. The van der Waals surface area contributed by atoms with Crippen molar-refractivity contribution in [1.82, 2.24) is 5.32 Å². The molecule has 90 valence electrons. The van der Waals surface area contributed by atoms with E-state index < -0.39 is 0 Å². The van der Waals surface area contributed by atoms with Gasteiger partial charge in [0.1, 0.15) is 0 Å². The van der Waals surface area contributed by atoms with Gasteiger partial charge in [-0.25, -0.2) is 0 Å². The van der Waals surface area contributed by atoms with Gasteiger partial charge in [-0.05, 0) is 12.8 Å². The molecule has 1 rings (SSSR count). The average Bonchev–Trinajstić information content (AvgIpc) is 2.18. The fourth-order valence-electron chi connectivity index (χ4n) is 2.04. The molecule has 3 unspecified atom stereocenters. The highest BCUT2D eigenvalue weighted by Crippen LogP contribution is 2.40. The van der Waals surface area contributed by atoms with E-state index in [2.05, 4.69) is 19.2 Å². The Morgan fingerprint density at radius 2 is 2.20 bits per heavy atom. The van der Waals surface area contributed by atoms with Crippen molar-refractivity contribution in [3.63, 3.8) is 0 Å². The molecular weight excluding hydrogens is 194 g/mol. The first-order chi connectivity index (χ1) is 7.02. The normalized spacial score (nSPS) is 31.0. The highest BCUT2D eigenvalue weighted by molar-refractivity contribution is 5.02. The standard InChI is InChI=1S/C11H23NO3/c1-11(2)9(6-10(11)14)12-8(4-5-13)7-15-3/h8-10,12-14H,4-7H2,1-3H3. The third-order valence-corrected chi connectivity index (χ3v) is 3.50. The number of nitrogens with one attached hydrogen (secondary N) is 1. The van der Waals surface area contributed by atoms with Gasteiger partial charge in [-0.3, -0.25) is 0 Å². The molecule has 0 bridgehead atoms. The van der Waals surface area contributed by atoms with Crippen molar-refractivity contribution in [1.29, 1.82) is 0 Å². The Balaban J connectivity index is 2.38. The topological polar surface area (TPSA) is 61.7 Å². The second-order valence-corrected chi connectivity index (χ2v) is 4.96. The Kier molecular flexibility index (Phi) is 4.52. The zero-order valence-electron chi connectivity index (χ0n) is 9.86. The first-order valence-electron chi connectivity index (χ1n) is 5.56. The van der Waals surface area contributed by atoms with Gasteiger partial charge in [-0.15, -0.1) is 0 Å². The monoisotopic (exact) mass is 217 g/mol. The van der Waals surface area contributed by atoms with Crippen molar-refractivity contribution in [3.8, 4) is 0 Å². The molecule has 0 spiro atoms. The van der Waals surface area contributed by atoms with Crippen LogP contribution in [0.1, 0.15) is 26.7 Å². The Hall–Kier alpha value is -0.160. The van der Waals surface area contributed by atoms with E-state index in [0.29, 0.717) is 19.1 Å². The number of rotatable bonds is 6. The Bertz CT molecular complexity index is 190. The van der Waals surface area contributed by atoms with Crippen LogP contribution in [0.3, 0.4) is 0 Å². The predicted octanol–water partition coefficient (Wildman–Crippen LogP) is 0.133. The largest absolute Gasteiger partial charge is 0.396 e. The SMILES string of the molecule is COCC(CCO)NC1CC(O)C1(C)C. The van der Waals surface area contributed by atoms with Crippen LogP contribution in [0.4, 0.5) is 0 Å². The number of methoxy groups -OCH3 is 1. The van der Waals surface area contributed by atoms with Crippen LogP contribution in [0.5, 0.6) is 0 Å². The molecule has 0 heterocycles. The van der Waals surface area contributed by atoms with E-state index in [1.807, 2.05) is 0 Å². The summed E-state index contributed by atoms with van der Waals surface area (Å²) in [6, 6.07) is 0.496. The predicted molar refractivity (Wildman–Crippen MR) is 58.7 cm³/mol. The van der Waals surface area contributed by atoms with E-state index in [1.54, 1.807) is 7.11 Å². The molecule has 15 heavy (non-hydrogen) atoms. The van der Waals surface area contributed by atoms with Crippen LogP contribution in [-0.4, -0.2) is 48.7 Å². The van der Waals surface area contributed by atoms with E-state index in [1.165, 1.54) is 0 Å². The summed E-state index contributed by atoms with van der Waals surface area (Å²) in [6.45, 7) is 4.88. The molecule has 1 saturated carbocycles. The molecular formula is C11H23NO3. The van der Waals surface area contributed by atoms with Crippen molar-refractivity contribution in [2.24, 2.45) is 5.41 Å². The zero-order chi connectivity index (χ0) is 11.5. The molecule has 0 aliphatic heterocycles. The lowest BCUT2D eigenvalue weighted by molar-refractivity contribution is -0.0788. The lowest BCUT2D eigenvalue weighted by Crippen LogP contribution is -2.62. The van der Waals surface area contributed by atoms with E-state index >= 15 is 0 Å². The minimum atomic E-state index is -0.215. The molecule has 1 aliphatic rings. The molecule has 1 aliphatic carbocycles. The Morgan fingerprint density at radius 1 is 1.53 bits per heavy atom. The van der Waals surface area contributed by atoms with Crippen molar-refractivity contribution >= 4 is 0 Å². The van der Waals surface area contributed by atoms with Gasteiger partial charge < -0.3 is 20.3 Å².